The second-order valence-electron chi connectivity index (χ2n) is 3.44. The minimum atomic E-state index is -0.155. The maximum absolute atomic E-state index is 11.5. The molecule has 2 amide bonds. The van der Waals surface area contributed by atoms with E-state index in [2.05, 4.69) is 5.32 Å². The van der Waals surface area contributed by atoms with Gasteiger partial charge in [0.1, 0.15) is 5.84 Å². The molecule has 0 unspecified atom stereocenters. The number of hydrogen-bond donors (Lipinski definition) is 3. The van der Waals surface area contributed by atoms with Crippen LogP contribution < -0.4 is 11.1 Å². The Kier molecular flexibility index (Phi) is 3.88. The number of nitrogens with zero attached hydrogens (tertiary/aromatic N) is 1. The van der Waals surface area contributed by atoms with Crippen LogP contribution in [0.2, 0.25) is 0 Å². The summed E-state index contributed by atoms with van der Waals surface area (Å²) in [6, 6.07) is 6.68. The molecule has 0 spiro atoms. The Morgan fingerprint density at radius 1 is 1.44 bits per heavy atom. The van der Waals surface area contributed by atoms with Gasteiger partial charge >= 0.3 is 6.03 Å². The molecular formula is C11H16N4O. The molecule has 0 saturated carbocycles. The molecule has 16 heavy (non-hydrogen) atoms. The summed E-state index contributed by atoms with van der Waals surface area (Å²) >= 11 is 0. The number of urea groups is 1. The lowest BCUT2D eigenvalue weighted by molar-refractivity contribution is 0.224. The summed E-state index contributed by atoms with van der Waals surface area (Å²) in [5.74, 6) is 0.0172. The molecule has 1 aromatic carbocycles. The topological polar surface area (TPSA) is 82.2 Å². The summed E-state index contributed by atoms with van der Waals surface area (Å²) in [6.07, 6.45) is 0. The zero-order valence-corrected chi connectivity index (χ0v) is 9.45. The third kappa shape index (κ3) is 2.98. The van der Waals surface area contributed by atoms with Gasteiger partial charge in [0, 0.05) is 24.8 Å². The van der Waals surface area contributed by atoms with E-state index in [1.165, 1.54) is 0 Å². The molecule has 0 atom stereocenters. The normalized spacial score (nSPS) is 9.62. The molecule has 0 bridgehead atoms. The van der Waals surface area contributed by atoms with Crippen LogP contribution >= 0.6 is 0 Å². The fraction of sp³-hybridized carbons (Fsp3) is 0.273. The number of nitrogens with two attached hydrogens (primary N) is 1. The molecule has 86 valence electrons. The van der Waals surface area contributed by atoms with Gasteiger partial charge in [-0.25, -0.2) is 4.79 Å². The first kappa shape index (κ1) is 12.0. The van der Waals surface area contributed by atoms with E-state index in [1.807, 2.05) is 6.92 Å². The molecule has 1 aromatic rings. The van der Waals surface area contributed by atoms with Crippen LogP contribution in [0.15, 0.2) is 24.3 Å². The Morgan fingerprint density at radius 3 is 2.44 bits per heavy atom. The Balaban J connectivity index is 2.69. The van der Waals surface area contributed by atoms with Crippen molar-refractivity contribution in [2.75, 3.05) is 18.9 Å². The standard InChI is InChI=1S/C11H16N4O/c1-3-15(2)11(16)14-9-6-4-8(5-7-9)10(12)13/h4-7H,3H2,1-2H3,(H3,12,13)(H,14,16). The van der Waals surface area contributed by atoms with Crippen LogP contribution in [0.25, 0.3) is 0 Å². The quantitative estimate of drug-likeness (QED) is 0.532. The van der Waals surface area contributed by atoms with Crippen molar-refractivity contribution in [3.05, 3.63) is 29.8 Å². The summed E-state index contributed by atoms with van der Waals surface area (Å²) in [7, 11) is 1.72. The van der Waals surface area contributed by atoms with E-state index in [1.54, 1.807) is 36.2 Å². The molecule has 1 rings (SSSR count). The highest BCUT2D eigenvalue weighted by molar-refractivity contribution is 5.96. The highest BCUT2D eigenvalue weighted by atomic mass is 16.2. The fourth-order valence-electron chi connectivity index (χ4n) is 1.10. The molecule has 0 aliphatic rings. The van der Waals surface area contributed by atoms with E-state index in [0.717, 1.165) is 0 Å². The van der Waals surface area contributed by atoms with Crippen molar-refractivity contribution in [1.82, 2.24) is 4.90 Å². The summed E-state index contributed by atoms with van der Waals surface area (Å²) in [6.45, 7) is 2.55. The van der Waals surface area contributed by atoms with E-state index >= 15 is 0 Å². The van der Waals surface area contributed by atoms with Crippen LogP contribution in [0.4, 0.5) is 10.5 Å². The van der Waals surface area contributed by atoms with Gasteiger partial charge in [-0.1, -0.05) is 0 Å². The molecule has 0 heterocycles. The average molecular weight is 220 g/mol. The molecule has 0 aromatic heterocycles. The van der Waals surface area contributed by atoms with Gasteiger partial charge in [-0.3, -0.25) is 5.41 Å². The molecule has 0 saturated heterocycles. The lowest BCUT2D eigenvalue weighted by Crippen LogP contribution is -2.30. The second-order valence-corrected chi connectivity index (χ2v) is 3.44. The lowest BCUT2D eigenvalue weighted by atomic mass is 10.2. The zero-order chi connectivity index (χ0) is 12.1. The number of amides is 2. The second kappa shape index (κ2) is 5.16. The molecule has 0 radical (unpaired) electrons. The number of benzene rings is 1. The highest BCUT2D eigenvalue weighted by Gasteiger charge is 2.06. The highest BCUT2D eigenvalue weighted by Crippen LogP contribution is 2.09. The van der Waals surface area contributed by atoms with Gasteiger partial charge in [-0.15, -0.1) is 0 Å². The maximum Gasteiger partial charge on any atom is 0.321 e. The summed E-state index contributed by atoms with van der Waals surface area (Å²) in [5, 5.41) is 9.96. The summed E-state index contributed by atoms with van der Waals surface area (Å²) in [4.78, 5) is 13.1. The van der Waals surface area contributed by atoms with Crippen molar-refractivity contribution in [3.8, 4) is 0 Å². The number of carbonyl (C=O) groups is 1. The lowest BCUT2D eigenvalue weighted by Gasteiger charge is -2.15. The molecule has 0 fully saturated rings. The van der Waals surface area contributed by atoms with Gasteiger partial charge in [0.15, 0.2) is 0 Å². The number of amidine groups is 1. The van der Waals surface area contributed by atoms with Crippen molar-refractivity contribution in [2.45, 2.75) is 6.92 Å². The number of carbonyl (C=O) groups excluding carboxylic acids is 1. The third-order valence-corrected chi connectivity index (χ3v) is 2.27. The van der Waals surface area contributed by atoms with Crippen molar-refractivity contribution in [1.29, 1.82) is 5.41 Å². The van der Waals surface area contributed by atoms with E-state index in [0.29, 0.717) is 17.8 Å². The fourth-order valence-corrected chi connectivity index (χ4v) is 1.10. The van der Waals surface area contributed by atoms with Crippen LogP contribution in [-0.4, -0.2) is 30.4 Å². The number of anilines is 1. The van der Waals surface area contributed by atoms with Gasteiger partial charge in [0.25, 0.3) is 0 Å². The Bertz CT molecular complexity index is 385. The Hall–Kier alpha value is -2.04. The molecule has 0 aliphatic carbocycles. The average Bonchev–Trinajstić information content (AvgIpc) is 2.28. The minimum Gasteiger partial charge on any atom is -0.384 e. The number of hydrogen-bond acceptors (Lipinski definition) is 2. The summed E-state index contributed by atoms with van der Waals surface area (Å²) in [5.41, 5.74) is 6.65. The monoisotopic (exact) mass is 220 g/mol. The minimum absolute atomic E-state index is 0.0172. The number of nitrogen functional groups attached to an aromatic ring is 1. The maximum atomic E-state index is 11.5. The Morgan fingerprint density at radius 2 is 2.00 bits per heavy atom. The molecule has 5 nitrogen and oxygen atoms in total. The largest absolute Gasteiger partial charge is 0.384 e. The van der Waals surface area contributed by atoms with Crippen LogP contribution in [0, 0.1) is 5.41 Å². The van der Waals surface area contributed by atoms with Crippen LogP contribution in [-0.2, 0) is 0 Å². The van der Waals surface area contributed by atoms with Gasteiger partial charge in [0.2, 0.25) is 0 Å². The predicted molar refractivity (Wildman–Crippen MR) is 64.8 cm³/mol. The zero-order valence-electron chi connectivity index (χ0n) is 9.45. The smallest absolute Gasteiger partial charge is 0.321 e. The molecule has 0 aliphatic heterocycles. The van der Waals surface area contributed by atoms with Crippen molar-refractivity contribution < 1.29 is 4.79 Å². The van der Waals surface area contributed by atoms with Crippen molar-refractivity contribution in [2.24, 2.45) is 5.73 Å². The van der Waals surface area contributed by atoms with Gasteiger partial charge in [-0.05, 0) is 31.2 Å². The van der Waals surface area contributed by atoms with Gasteiger partial charge in [0.05, 0.1) is 0 Å². The third-order valence-electron chi connectivity index (χ3n) is 2.27. The van der Waals surface area contributed by atoms with E-state index in [9.17, 15) is 4.79 Å². The molecule has 5 heteroatoms. The number of rotatable bonds is 3. The first-order valence-corrected chi connectivity index (χ1v) is 5.01. The van der Waals surface area contributed by atoms with E-state index in [4.69, 9.17) is 11.1 Å². The SMILES string of the molecule is CCN(C)C(=O)Nc1ccc(C(=N)N)cc1. The molecule has 4 N–H and O–H groups in total. The number of nitrogens with one attached hydrogen (secondary N) is 2. The van der Waals surface area contributed by atoms with E-state index in [-0.39, 0.29) is 11.9 Å². The van der Waals surface area contributed by atoms with Crippen molar-refractivity contribution >= 4 is 17.6 Å². The van der Waals surface area contributed by atoms with Crippen LogP contribution in [0.1, 0.15) is 12.5 Å². The predicted octanol–water partition coefficient (Wildman–Crippen LogP) is 1.45. The van der Waals surface area contributed by atoms with Gasteiger partial charge in [-0.2, -0.15) is 0 Å². The first-order valence-electron chi connectivity index (χ1n) is 5.01. The molecular weight excluding hydrogens is 204 g/mol. The van der Waals surface area contributed by atoms with E-state index < -0.39 is 0 Å². The summed E-state index contributed by atoms with van der Waals surface area (Å²) < 4.78 is 0. The van der Waals surface area contributed by atoms with Gasteiger partial charge < -0.3 is 16.0 Å². The Labute approximate surface area is 94.8 Å². The van der Waals surface area contributed by atoms with Crippen LogP contribution in [0.5, 0.6) is 0 Å². The first-order chi connectivity index (χ1) is 7.54. The van der Waals surface area contributed by atoms with Crippen molar-refractivity contribution in [3.63, 3.8) is 0 Å². The van der Waals surface area contributed by atoms with Crippen LogP contribution in [0.3, 0.4) is 0 Å².